The second kappa shape index (κ2) is 15.8. The Balaban J connectivity index is 1.11. The summed E-state index contributed by atoms with van der Waals surface area (Å²) in [6.45, 7) is 6.24. The van der Waals surface area contributed by atoms with E-state index in [-0.39, 0.29) is 12.5 Å². The number of esters is 1. The Bertz CT molecular complexity index is 1740. The van der Waals surface area contributed by atoms with Crippen LogP contribution < -0.4 is 20.2 Å². The van der Waals surface area contributed by atoms with Crippen molar-refractivity contribution >= 4 is 51.9 Å². The molecule has 3 aromatic carbocycles. The van der Waals surface area contributed by atoms with E-state index in [1.165, 1.54) is 17.6 Å². The summed E-state index contributed by atoms with van der Waals surface area (Å²) in [5.41, 5.74) is 6.10. The lowest BCUT2D eigenvalue weighted by Crippen LogP contribution is -2.33. The Labute approximate surface area is 282 Å². The number of hydrogen-bond acceptors (Lipinski definition) is 8. The minimum atomic E-state index is -0.845. The Morgan fingerprint density at radius 2 is 1.72 bits per heavy atom. The highest BCUT2D eigenvalue weighted by Crippen LogP contribution is 2.40. The zero-order valence-electron chi connectivity index (χ0n) is 26.4. The zero-order valence-corrected chi connectivity index (χ0v) is 28.0. The number of benzene rings is 3. The summed E-state index contributed by atoms with van der Waals surface area (Å²) >= 11 is 7.36. The van der Waals surface area contributed by atoms with Gasteiger partial charge in [-0.05, 0) is 116 Å². The number of nitrogens with one attached hydrogen (secondary N) is 2. The van der Waals surface area contributed by atoms with Crippen molar-refractivity contribution in [1.82, 2.24) is 5.43 Å². The van der Waals surface area contributed by atoms with Crippen LogP contribution in [-0.4, -0.2) is 36.7 Å². The van der Waals surface area contributed by atoms with E-state index >= 15 is 0 Å². The van der Waals surface area contributed by atoms with Gasteiger partial charge >= 0.3 is 5.97 Å². The fourth-order valence-electron chi connectivity index (χ4n) is 5.03. The largest absolute Gasteiger partial charge is 0.489 e. The second-order valence-corrected chi connectivity index (χ2v) is 12.8. The van der Waals surface area contributed by atoms with E-state index in [1.54, 1.807) is 38.1 Å². The van der Waals surface area contributed by atoms with Crippen molar-refractivity contribution in [1.29, 1.82) is 0 Å². The monoisotopic (exact) mass is 673 g/mol. The van der Waals surface area contributed by atoms with Gasteiger partial charge in [0, 0.05) is 15.5 Å². The van der Waals surface area contributed by atoms with E-state index < -0.39 is 18.0 Å². The molecular weight excluding hydrogens is 638 g/mol. The maximum Gasteiger partial charge on any atom is 0.341 e. The highest BCUT2D eigenvalue weighted by atomic mass is 35.5. The van der Waals surface area contributed by atoms with E-state index in [4.69, 9.17) is 25.8 Å². The maximum absolute atomic E-state index is 13.1. The number of fused-ring (bicyclic) bond motifs is 1. The summed E-state index contributed by atoms with van der Waals surface area (Å²) in [7, 11) is 0. The van der Waals surface area contributed by atoms with Crippen molar-refractivity contribution in [3.8, 4) is 11.5 Å². The third-order valence-electron chi connectivity index (χ3n) is 7.60. The number of rotatable bonds is 12. The Morgan fingerprint density at radius 1 is 1.02 bits per heavy atom. The standard InChI is InChI=1S/C36H36ClN3O6S/c1-4-44-36(43)32-30-18-5-22(2)19-31(30)47-35(32)39-34(42)26-10-16-29(17-11-26)46-23(3)33(41)40-38-20-24-8-14-28(15-9-24)45-21-25-6-12-27(37)13-7-25/h6-17,20,22-23H,4-5,18-19,21H2,1-3H3,(H,39,42)(H,40,41)/b38-20-/t22-,23+/m0/s1. The molecule has 1 aliphatic carbocycles. The van der Waals surface area contributed by atoms with Gasteiger partial charge in [0.2, 0.25) is 0 Å². The summed E-state index contributed by atoms with van der Waals surface area (Å²) in [6, 6.07) is 21.2. The molecule has 1 heterocycles. The molecule has 2 atom stereocenters. The van der Waals surface area contributed by atoms with E-state index in [9.17, 15) is 14.4 Å². The molecule has 5 rings (SSSR count). The number of nitrogens with zero attached hydrogens (tertiary/aromatic N) is 1. The number of ether oxygens (including phenoxy) is 3. The van der Waals surface area contributed by atoms with Crippen molar-refractivity contribution in [3.63, 3.8) is 0 Å². The smallest absolute Gasteiger partial charge is 0.341 e. The lowest BCUT2D eigenvalue weighted by molar-refractivity contribution is -0.127. The first kappa shape index (κ1) is 33.7. The number of halogens is 1. The van der Waals surface area contributed by atoms with Crippen molar-refractivity contribution in [3.05, 3.63) is 111 Å². The van der Waals surface area contributed by atoms with Gasteiger partial charge in [-0.15, -0.1) is 11.3 Å². The molecule has 0 saturated carbocycles. The third kappa shape index (κ3) is 8.99. The number of carbonyl (C=O) groups excluding carboxylic acids is 3. The molecule has 2 amide bonds. The number of thiophene rings is 1. The first-order valence-electron chi connectivity index (χ1n) is 15.4. The number of hydrogen-bond donors (Lipinski definition) is 2. The molecule has 0 spiro atoms. The highest BCUT2D eigenvalue weighted by molar-refractivity contribution is 7.17. The molecule has 0 unspecified atom stereocenters. The number of carbonyl (C=O) groups is 3. The van der Waals surface area contributed by atoms with Crippen LogP contribution in [0.4, 0.5) is 5.00 Å². The zero-order chi connectivity index (χ0) is 33.3. The molecule has 0 saturated heterocycles. The first-order valence-corrected chi connectivity index (χ1v) is 16.6. The minimum absolute atomic E-state index is 0.258. The highest BCUT2D eigenvalue weighted by Gasteiger charge is 2.29. The topological polar surface area (TPSA) is 115 Å². The van der Waals surface area contributed by atoms with Gasteiger partial charge in [-0.25, -0.2) is 10.2 Å². The van der Waals surface area contributed by atoms with Crippen LogP contribution >= 0.6 is 22.9 Å². The van der Waals surface area contributed by atoms with E-state index in [0.29, 0.717) is 45.2 Å². The fraction of sp³-hybridized carbons (Fsp3) is 0.278. The number of anilines is 1. The average Bonchev–Trinajstić information content (AvgIpc) is 3.42. The van der Waals surface area contributed by atoms with Crippen molar-refractivity contribution < 1.29 is 28.6 Å². The second-order valence-electron chi connectivity index (χ2n) is 11.2. The van der Waals surface area contributed by atoms with Crippen LogP contribution in [0.5, 0.6) is 11.5 Å². The molecule has 0 fully saturated rings. The number of hydrazone groups is 1. The molecule has 244 valence electrons. The van der Waals surface area contributed by atoms with Gasteiger partial charge in [0.05, 0.1) is 18.4 Å². The molecule has 2 N–H and O–H groups in total. The molecule has 11 heteroatoms. The van der Waals surface area contributed by atoms with Crippen LogP contribution in [-0.2, 0) is 29.0 Å². The normalized spacial score (nSPS) is 14.6. The van der Waals surface area contributed by atoms with Crippen LogP contribution in [0.25, 0.3) is 0 Å². The van der Waals surface area contributed by atoms with Gasteiger partial charge in [-0.1, -0.05) is 30.7 Å². The predicted molar refractivity (Wildman–Crippen MR) is 184 cm³/mol. The van der Waals surface area contributed by atoms with Crippen molar-refractivity contribution in [2.24, 2.45) is 11.0 Å². The summed E-state index contributed by atoms with van der Waals surface area (Å²) in [4.78, 5) is 39.6. The van der Waals surface area contributed by atoms with Gasteiger partial charge < -0.3 is 19.5 Å². The predicted octanol–water partition coefficient (Wildman–Crippen LogP) is 7.45. The van der Waals surface area contributed by atoms with E-state index in [1.807, 2.05) is 48.5 Å². The summed E-state index contributed by atoms with van der Waals surface area (Å²) < 4.78 is 16.9. The SMILES string of the molecule is CCOC(=O)c1c(NC(=O)c2ccc(O[C@H](C)C(=O)N/N=C\c3ccc(OCc4ccc(Cl)cc4)cc3)cc2)sc2c1CC[C@H](C)C2. The van der Waals surface area contributed by atoms with Gasteiger partial charge in [0.15, 0.2) is 6.10 Å². The maximum atomic E-state index is 13.1. The summed E-state index contributed by atoms with van der Waals surface area (Å²) in [6.07, 6.45) is 3.33. The minimum Gasteiger partial charge on any atom is -0.489 e. The van der Waals surface area contributed by atoms with E-state index in [2.05, 4.69) is 22.8 Å². The van der Waals surface area contributed by atoms with Crippen LogP contribution in [0.2, 0.25) is 5.02 Å². The Kier molecular flexibility index (Phi) is 11.3. The van der Waals surface area contributed by atoms with Gasteiger partial charge in [0.1, 0.15) is 23.1 Å². The van der Waals surface area contributed by atoms with Crippen molar-refractivity contribution in [2.45, 2.75) is 52.7 Å². The first-order chi connectivity index (χ1) is 22.7. The molecule has 4 aromatic rings. The van der Waals surface area contributed by atoms with Crippen LogP contribution in [0.15, 0.2) is 77.9 Å². The van der Waals surface area contributed by atoms with Gasteiger partial charge in [-0.2, -0.15) is 5.10 Å². The van der Waals surface area contributed by atoms with Crippen LogP contribution in [0, 0.1) is 5.92 Å². The molecule has 47 heavy (non-hydrogen) atoms. The lowest BCUT2D eigenvalue weighted by atomic mass is 9.88. The van der Waals surface area contributed by atoms with E-state index in [0.717, 1.165) is 40.8 Å². The van der Waals surface area contributed by atoms with Crippen molar-refractivity contribution in [2.75, 3.05) is 11.9 Å². The van der Waals surface area contributed by atoms with Crippen LogP contribution in [0.1, 0.15) is 69.5 Å². The molecule has 1 aliphatic rings. The fourth-order valence-corrected chi connectivity index (χ4v) is 6.55. The third-order valence-corrected chi connectivity index (χ3v) is 9.03. The quantitative estimate of drug-likeness (QED) is 0.0917. The molecule has 9 nitrogen and oxygen atoms in total. The summed E-state index contributed by atoms with van der Waals surface area (Å²) in [5, 5.41) is 8.14. The molecule has 0 radical (unpaired) electrons. The molecular formula is C36H36ClN3O6S. The lowest BCUT2D eigenvalue weighted by Gasteiger charge is -2.18. The Hall–Kier alpha value is -4.67. The molecule has 1 aromatic heterocycles. The van der Waals surface area contributed by atoms with Gasteiger partial charge in [0.25, 0.3) is 11.8 Å². The number of amides is 2. The Morgan fingerprint density at radius 3 is 2.43 bits per heavy atom. The average molecular weight is 674 g/mol. The molecule has 0 aliphatic heterocycles. The summed E-state index contributed by atoms with van der Waals surface area (Å²) in [5.74, 6) is 0.434. The van der Waals surface area contributed by atoms with Crippen LogP contribution in [0.3, 0.4) is 0 Å². The molecule has 0 bridgehead atoms. The van der Waals surface area contributed by atoms with Gasteiger partial charge in [-0.3, -0.25) is 9.59 Å².